The van der Waals surface area contributed by atoms with Crippen molar-refractivity contribution in [2.75, 3.05) is 112 Å². The number of nitrogens with zero attached hydrogens (tertiary/aromatic N) is 7. The molecule has 8 amide bonds. The van der Waals surface area contributed by atoms with E-state index in [1.165, 1.54) is 4.90 Å². The van der Waals surface area contributed by atoms with Crippen molar-refractivity contribution in [3.05, 3.63) is 35.4 Å². The number of rotatable bonds is 25. The van der Waals surface area contributed by atoms with Crippen LogP contribution in [0, 0.1) is 0 Å². The fraction of sp³-hybridized carbons (Fsp3) is 0.643. The quantitative estimate of drug-likeness (QED) is 0.0188. The minimum atomic E-state index is -1.82. The Bertz CT molecular complexity index is 1890. The van der Waals surface area contributed by atoms with Crippen LogP contribution in [-0.4, -0.2) is 262 Å². The van der Waals surface area contributed by atoms with E-state index in [-0.39, 0.29) is 116 Å². The molecule has 2 unspecified atom stereocenters. The fourth-order valence-electron chi connectivity index (χ4n) is 7.91. The monoisotopic (exact) mass is 1180 g/mol. The molecule has 2 fully saturated rings. The third kappa shape index (κ3) is 23.7. The number of β-amino-alcohol motifs (C(OH)–C–C–N with tert-alkyl or cyclic N) is 1. The van der Waals surface area contributed by atoms with Gasteiger partial charge in [-0.1, -0.05) is 12.1 Å². The Labute approximate surface area is 428 Å². The first-order chi connectivity index (χ1) is 32.7. The number of carbonyl (C=O) groups is 8. The van der Waals surface area contributed by atoms with Gasteiger partial charge in [-0.3, -0.25) is 62.9 Å². The van der Waals surface area contributed by atoms with Crippen LogP contribution < -0.4 is 44.6 Å². The maximum atomic E-state index is 13.6. The van der Waals surface area contributed by atoms with Crippen molar-refractivity contribution >= 4 is 87.6 Å². The average molecular weight is 1180 g/mol. The Balaban J connectivity index is 0.0000168. The minimum absolute atomic E-state index is 0. The zero-order chi connectivity index (χ0) is 51.0. The van der Waals surface area contributed by atoms with Crippen LogP contribution in [0.15, 0.2) is 29.3 Å². The van der Waals surface area contributed by atoms with Gasteiger partial charge < -0.3 is 69.6 Å². The summed E-state index contributed by atoms with van der Waals surface area (Å²) in [5.74, 6) is -4.81. The number of nitrogens with two attached hydrogens (primary N) is 5. The molecule has 28 heteroatoms. The van der Waals surface area contributed by atoms with Gasteiger partial charge in [0.25, 0.3) is 5.91 Å². The van der Waals surface area contributed by atoms with Gasteiger partial charge in [-0.15, -0.1) is 0 Å². The number of nitrogens with one attached hydrogen (secondary N) is 3. The summed E-state index contributed by atoms with van der Waals surface area (Å²) < 4.78 is 0. The molecule has 2 heterocycles. The van der Waals surface area contributed by atoms with Crippen LogP contribution in [0.25, 0.3) is 0 Å². The van der Waals surface area contributed by atoms with E-state index < -0.39 is 73.1 Å². The molecule has 1 aromatic rings. The zero-order valence-electron chi connectivity index (χ0n) is 40.0. The van der Waals surface area contributed by atoms with Crippen LogP contribution in [0.1, 0.15) is 54.4 Å². The van der Waals surface area contributed by atoms with Gasteiger partial charge in [0, 0.05) is 125 Å². The van der Waals surface area contributed by atoms with Crippen molar-refractivity contribution in [1.29, 1.82) is 0 Å². The van der Waals surface area contributed by atoms with E-state index >= 15 is 0 Å². The van der Waals surface area contributed by atoms with Crippen molar-refractivity contribution in [1.82, 2.24) is 45.3 Å². The van der Waals surface area contributed by atoms with Crippen molar-refractivity contribution < 1.29 is 53.5 Å². The number of likely N-dealkylation sites (tertiary alicyclic amines) is 1. The Morgan fingerprint density at radius 2 is 1.27 bits per heavy atom. The first kappa shape index (κ1) is 61.1. The third-order valence-electron chi connectivity index (χ3n) is 11.6. The van der Waals surface area contributed by atoms with Crippen LogP contribution in [-0.2, 0) is 40.1 Å². The van der Waals surface area contributed by atoms with Crippen molar-refractivity contribution in [2.45, 2.75) is 63.2 Å². The number of benzene rings is 1. The molecule has 4 radical (unpaired) electrons. The van der Waals surface area contributed by atoms with Crippen LogP contribution in [0.2, 0.25) is 0 Å². The van der Waals surface area contributed by atoms with Crippen molar-refractivity contribution in [2.24, 2.45) is 33.7 Å². The molecule has 3 rings (SSSR count). The number of aliphatic imine (C=N–C) groups is 1. The maximum absolute atomic E-state index is 13.6. The van der Waals surface area contributed by atoms with E-state index in [4.69, 9.17) is 28.7 Å². The molecule has 26 nitrogen and oxygen atoms in total. The number of carbonyl (C=O) groups excluding carboxylic acids is 8. The minimum Gasteiger partial charge on any atom is -0.426 e. The summed E-state index contributed by atoms with van der Waals surface area (Å²) in [6.45, 7) is 2.82. The second-order valence-corrected chi connectivity index (χ2v) is 17.4. The number of hydrogen-bond donors (Lipinski definition) is 11. The van der Waals surface area contributed by atoms with Gasteiger partial charge in [-0.05, 0) is 49.8 Å². The van der Waals surface area contributed by atoms with Gasteiger partial charge in [0.1, 0.15) is 6.04 Å². The number of unbranched alkanes of at least 4 members (excludes halogenated alkanes) is 1. The summed E-state index contributed by atoms with van der Waals surface area (Å²) in [5, 5.41) is 37.1. The topological polar surface area (TPSA) is 395 Å². The van der Waals surface area contributed by atoms with Gasteiger partial charge in [0.15, 0.2) is 5.96 Å². The van der Waals surface area contributed by atoms with E-state index in [1.807, 2.05) is 19.6 Å². The van der Waals surface area contributed by atoms with E-state index in [0.29, 0.717) is 71.6 Å². The standard InChI is InChI=1S/C42H72BN15O11.Pb/c1-53(23-29-7-9-30(10-8-29)40(66)51-22-39(65)58-24-31(59)21-33(58)43(68)69)38(64)6-2-3-11-49-41(67)32(5-4-12-50-42(47)48)52-37(63)28-57-19-17-55(26-35(45)61)15-13-54(25-34(44)60)14-16-56(18-20-57)27-36(46)62;/h7-10,31-33,59,68-69H,2-6,11-28H2,1H3,(H2,44,60)(H2,45,61)(H2,46,62)(H,49,67)(H,51,66)(H,52,63)(H4,47,48,50);/t31?,32-,33?;/m0./s1. The second kappa shape index (κ2) is 32.0. The normalized spacial score (nSPS) is 17.9. The Morgan fingerprint density at radius 3 is 1.76 bits per heavy atom. The fourth-order valence-corrected chi connectivity index (χ4v) is 7.91. The Kier molecular flexibility index (Phi) is 28.0. The number of amides is 8. The van der Waals surface area contributed by atoms with Crippen LogP contribution >= 0.6 is 0 Å². The second-order valence-electron chi connectivity index (χ2n) is 17.4. The number of guanidine groups is 1. The van der Waals surface area contributed by atoms with Gasteiger partial charge in [0.05, 0.1) is 44.8 Å². The molecule has 2 saturated heterocycles. The molecule has 0 aliphatic carbocycles. The molecule has 388 valence electrons. The molecule has 3 atom stereocenters. The molecule has 0 saturated carbocycles. The zero-order valence-corrected chi connectivity index (χ0v) is 43.9. The first-order valence-corrected chi connectivity index (χ1v) is 23.0. The van der Waals surface area contributed by atoms with Crippen LogP contribution in [0.3, 0.4) is 0 Å². The van der Waals surface area contributed by atoms with Crippen molar-refractivity contribution in [3.63, 3.8) is 0 Å². The van der Waals surface area contributed by atoms with E-state index in [9.17, 15) is 53.5 Å². The van der Waals surface area contributed by atoms with Gasteiger partial charge >= 0.3 is 7.12 Å². The predicted molar refractivity (Wildman–Crippen MR) is 259 cm³/mol. The summed E-state index contributed by atoms with van der Waals surface area (Å²) in [6.07, 6.45) is 0.816. The molecule has 1 aromatic carbocycles. The largest absolute Gasteiger partial charge is 0.475 e. The maximum Gasteiger partial charge on any atom is 0.475 e. The molecule has 0 bridgehead atoms. The first-order valence-electron chi connectivity index (χ1n) is 23.0. The van der Waals surface area contributed by atoms with Gasteiger partial charge in [-0.25, -0.2) is 0 Å². The molecule has 0 aromatic heterocycles. The summed E-state index contributed by atoms with van der Waals surface area (Å²) >= 11 is 0. The molecular formula is C42H72BN15O11Pb. The van der Waals surface area contributed by atoms with Crippen LogP contribution in [0.5, 0.6) is 0 Å². The SMILES string of the molecule is CN(Cc1ccc(C(=O)NCC(=O)N2CC(O)CC2B(O)O)cc1)C(=O)CCCCNC(=O)[C@H](CCCN=C(N)N)NC(=O)CN1CCN(CC(N)=O)CCN(CC(N)=O)CCN(CC(N)=O)CC1.[Pb]. The molecular weight excluding hydrogens is 1110 g/mol. The number of aliphatic hydroxyl groups is 1. The third-order valence-corrected chi connectivity index (χ3v) is 11.6. The van der Waals surface area contributed by atoms with Gasteiger partial charge in [-0.2, -0.15) is 0 Å². The van der Waals surface area contributed by atoms with E-state index in [1.54, 1.807) is 31.3 Å². The summed E-state index contributed by atoms with van der Waals surface area (Å²) in [7, 11) is -0.175. The molecule has 16 N–H and O–H groups in total. The smallest absolute Gasteiger partial charge is 0.426 e. The molecule has 0 spiro atoms. The molecule has 2 aliphatic heterocycles. The van der Waals surface area contributed by atoms with Crippen LogP contribution in [0.4, 0.5) is 0 Å². The number of hydrogen-bond acceptors (Lipinski definition) is 16. The van der Waals surface area contributed by atoms with E-state index in [0.717, 1.165) is 10.5 Å². The summed E-state index contributed by atoms with van der Waals surface area (Å²) in [4.78, 5) is 115. The Hall–Kier alpha value is -5.04. The number of aliphatic hydroxyl groups excluding tert-OH is 1. The van der Waals surface area contributed by atoms with Crippen molar-refractivity contribution in [3.8, 4) is 0 Å². The number of primary amides is 3. The summed E-state index contributed by atoms with van der Waals surface area (Å²) in [6, 6.07) is 5.53. The summed E-state index contributed by atoms with van der Waals surface area (Å²) in [5.41, 5.74) is 28.5. The van der Waals surface area contributed by atoms with E-state index in [2.05, 4.69) is 20.9 Å². The average Bonchev–Trinajstić information content (AvgIpc) is 3.68. The molecule has 2 aliphatic rings. The van der Waals surface area contributed by atoms with Gasteiger partial charge in [0.2, 0.25) is 41.4 Å². The predicted octanol–water partition coefficient (Wildman–Crippen LogP) is -7.53. The Morgan fingerprint density at radius 1 is 0.757 bits per heavy atom. The molecule has 70 heavy (non-hydrogen) atoms.